The second kappa shape index (κ2) is 4.77. The molecule has 0 saturated carbocycles. The number of amides is 1. The first-order valence-electron chi connectivity index (χ1n) is 5.73. The Labute approximate surface area is 105 Å². The third-order valence-corrected chi connectivity index (χ3v) is 3.27. The largest absolute Gasteiger partial charge is 0.335 e. The quantitative estimate of drug-likeness (QED) is 0.737. The molecule has 1 aliphatic rings. The highest BCUT2D eigenvalue weighted by Gasteiger charge is 2.33. The molecule has 0 bridgehead atoms. The zero-order valence-corrected chi connectivity index (χ0v) is 9.99. The smallest absolute Gasteiger partial charge is 0.224 e. The molecule has 2 atom stereocenters. The summed E-state index contributed by atoms with van der Waals surface area (Å²) in [5, 5.41) is 0. The van der Waals surface area contributed by atoms with Gasteiger partial charge in [0.05, 0.1) is 6.04 Å². The molecule has 0 N–H and O–H groups in total. The van der Waals surface area contributed by atoms with Crippen molar-refractivity contribution in [3.05, 3.63) is 35.4 Å². The Bertz CT molecular complexity index is 521. The Hall–Kier alpha value is -1.89. The van der Waals surface area contributed by atoms with E-state index in [9.17, 15) is 13.6 Å². The van der Waals surface area contributed by atoms with Gasteiger partial charge in [-0.25, -0.2) is 8.78 Å². The van der Waals surface area contributed by atoms with E-state index in [1.807, 2.05) is 0 Å². The molecule has 0 aliphatic carbocycles. The third-order valence-electron chi connectivity index (χ3n) is 3.27. The highest BCUT2D eigenvalue weighted by atomic mass is 19.1. The number of rotatable bonds is 2. The summed E-state index contributed by atoms with van der Waals surface area (Å²) >= 11 is 0. The molecule has 0 radical (unpaired) electrons. The molecule has 2 rings (SSSR count). The van der Waals surface area contributed by atoms with Crippen LogP contribution < -0.4 is 0 Å². The van der Waals surface area contributed by atoms with Gasteiger partial charge in [-0.05, 0) is 25.1 Å². The van der Waals surface area contributed by atoms with Gasteiger partial charge in [-0.3, -0.25) is 4.79 Å². The van der Waals surface area contributed by atoms with E-state index in [4.69, 9.17) is 6.42 Å². The molecular formula is C14H13F2NO. The summed E-state index contributed by atoms with van der Waals surface area (Å²) in [6, 6.07) is 2.74. The van der Waals surface area contributed by atoms with Crippen molar-refractivity contribution >= 4 is 5.91 Å². The van der Waals surface area contributed by atoms with Crippen molar-refractivity contribution in [3.8, 4) is 12.3 Å². The third kappa shape index (κ3) is 2.21. The first-order valence-corrected chi connectivity index (χ1v) is 5.73. The number of carbonyl (C=O) groups excluding carboxylic acids is 1. The molecule has 1 amide bonds. The minimum Gasteiger partial charge on any atom is -0.335 e. The Balaban J connectivity index is 2.27. The van der Waals surface area contributed by atoms with Gasteiger partial charge < -0.3 is 4.90 Å². The van der Waals surface area contributed by atoms with Crippen molar-refractivity contribution in [3.63, 3.8) is 0 Å². The van der Waals surface area contributed by atoms with Gasteiger partial charge in [0, 0.05) is 24.4 Å². The van der Waals surface area contributed by atoms with Gasteiger partial charge in [0.1, 0.15) is 11.6 Å². The van der Waals surface area contributed by atoms with Crippen molar-refractivity contribution < 1.29 is 13.6 Å². The fourth-order valence-corrected chi connectivity index (χ4v) is 2.22. The van der Waals surface area contributed by atoms with Gasteiger partial charge in [-0.2, -0.15) is 0 Å². The predicted octanol–water partition coefficient (Wildman–Crippen LogP) is 2.51. The number of halogens is 2. The Morgan fingerprint density at radius 2 is 2.22 bits per heavy atom. The molecule has 94 valence electrons. The summed E-state index contributed by atoms with van der Waals surface area (Å²) in [6.07, 6.45) is 5.56. The van der Waals surface area contributed by atoms with E-state index in [0.29, 0.717) is 6.54 Å². The molecule has 1 fully saturated rings. The maximum absolute atomic E-state index is 13.6. The summed E-state index contributed by atoms with van der Waals surface area (Å²) < 4.78 is 26.8. The van der Waals surface area contributed by atoms with Crippen molar-refractivity contribution in [2.45, 2.75) is 19.4 Å². The summed E-state index contributed by atoms with van der Waals surface area (Å²) in [4.78, 5) is 13.3. The van der Waals surface area contributed by atoms with Crippen LogP contribution in [0, 0.1) is 29.9 Å². The molecule has 1 aliphatic heterocycles. The SMILES string of the molecule is C#CC1CC(=O)N(C(C)c2cc(F)ccc2F)C1. The standard InChI is InChI=1S/C14H13F2NO/c1-3-10-6-14(18)17(8-10)9(2)12-7-11(15)4-5-13(12)16/h1,4-5,7,9-10H,6,8H2,2H3. The second-order valence-electron chi connectivity index (χ2n) is 4.46. The van der Waals surface area contributed by atoms with Crippen LogP contribution >= 0.6 is 0 Å². The molecule has 0 spiro atoms. The van der Waals surface area contributed by atoms with Gasteiger partial charge in [0.15, 0.2) is 0 Å². The van der Waals surface area contributed by atoms with E-state index < -0.39 is 17.7 Å². The van der Waals surface area contributed by atoms with Gasteiger partial charge in [-0.15, -0.1) is 12.3 Å². The average Bonchev–Trinajstić information content (AvgIpc) is 2.73. The molecule has 1 saturated heterocycles. The maximum Gasteiger partial charge on any atom is 0.224 e. The molecule has 2 nitrogen and oxygen atoms in total. The first kappa shape index (κ1) is 12.6. The van der Waals surface area contributed by atoms with Crippen LogP contribution in [0.3, 0.4) is 0 Å². The van der Waals surface area contributed by atoms with Gasteiger partial charge >= 0.3 is 0 Å². The topological polar surface area (TPSA) is 20.3 Å². The number of hydrogen-bond acceptors (Lipinski definition) is 1. The number of likely N-dealkylation sites (tertiary alicyclic amines) is 1. The fourth-order valence-electron chi connectivity index (χ4n) is 2.22. The van der Waals surface area contributed by atoms with Crippen molar-refractivity contribution in [1.29, 1.82) is 0 Å². The molecular weight excluding hydrogens is 236 g/mol. The van der Waals surface area contributed by atoms with E-state index in [1.54, 1.807) is 6.92 Å². The minimum atomic E-state index is -0.515. The Kier molecular flexibility index (Phi) is 3.33. The van der Waals surface area contributed by atoms with E-state index in [2.05, 4.69) is 5.92 Å². The highest BCUT2D eigenvalue weighted by molar-refractivity contribution is 5.79. The van der Waals surface area contributed by atoms with Crippen molar-refractivity contribution in [2.24, 2.45) is 5.92 Å². The van der Waals surface area contributed by atoms with Crippen LogP contribution in [-0.4, -0.2) is 17.4 Å². The van der Waals surface area contributed by atoms with Gasteiger partial charge in [-0.1, -0.05) is 0 Å². The van der Waals surface area contributed by atoms with E-state index in [0.717, 1.165) is 18.2 Å². The summed E-state index contributed by atoms with van der Waals surface area (Å²) in [6.45, 7) is 2.07. The lowest BCUT2D eigenvalue weighted by Gasteiger charge is -2.25. The molecule has 18 heavy (non-hydrogen) atoms. The normalized spacial score (nSPS) is 20.9. The predicted molar refractivity (Wildman–Crippen MR) is 63.4 cm³/mol. The van der Waals surface area contributed by atoms with Crippen molar-refractivity contribution in [2.75, 3.05) is 6.54 Å². The summed E-state index contributed by atoms with van der Waals surface area (Å²) in [7, 11) is 0. The zero-order valence-electron chi connectivity index (χ0n) is 9.99. The van der Waals surface area contributed by atoms with Crippen LogP contribution in [-0.2, 0) is 4.79 Å². The lowest BCUT2D eigenvalue weighted by atomic mass is 10.1. The van der Waals surface area contributed by atoms with Crippen molar-refractivity contribution in [1.82, 2.24) is 4.90 Å². The van der Waals surface area contributed by atoms with Gasteiger partial charge in [0.25, 0.3) is 0 Å². The molecule has 4 heteroatoms. The molecule has 1 heterocycles. The van der Waals surface area contributed by atoms with Crippen LogP contribution in [0.2, 0.25) is 0 Å². The van der Waals surface area contributed by atoms with Gasteiger partial charge in [0.2, 0.25) is 5.91 Å². The Morgan fingerprint density at radius 1 is 1.50 bits per heavy atom. The number of nitrogens with zero attached hydrogens (tertiary/aromatic N) is 1. The van der Waals surface area contributed by atoms with Crippen LogP contribution in [0.1, 0.15) is 24.9 Å². The van der Waals surface area contributed by atoms with Crippen LogP contribution in [0.25, 0.3) is 0 Å². The summed E-state index contributed by atoms with van der Waals surface area (Å²) in [5.41, 5.74) is 0.182. The molecule has 1 aromatic rings. The Morgan fingerprint density at radius 3 is 2.83 bits per heavy atom. The molecule has 1 aromatic carbocycles. The molecule has 2 unspecified atom stereocenters. The van der Waals surface area contributed by atoms with Crippen LogP contribution in [0.4, 0.5) is 8.78 Å². The first-order chi connectivity index (χ1) is 8.52. The van der Waals surface area contributed by atoms with Crippen LogP contribution in [0.5, 0.6) is 0 Å². The van der Waals surface area contributed by atoms with E-state index >= 15 is 0 Å². The zero-order chi connectivity index (χ0) is 13.3. The van der Waals surface area contributed by atoms with E-state index in [1.165, 1.54) is 4.90 Å². The number of hydrogen-bond donors (Lipinski definition) is 0. The van der Waals surface area contributed by atoms with Crippen LogP contribution in [0.15, 0.2) is 18.2 Å². The van der Waals surface area contributed by atoms with E-state index in [-0.39, 0.29) is 23.8 Å². The average molecular weight is 249 g/mol. The lowest BCUT2D eigenvalue weighted by Crippen LogP contribution is -2.29. The minimum absolute atomic E-state index is 0.117. The molecule has 0 aromatic heterocycles. The fraction of sp³-hybridized carbons (Fsp3) is 0.357. The monoisotopic (exact) mass is 249 g/mol. The second-order valence-corrected chi connectivity index (χ2v) is 4.46. The maximum atomic E-state index is 13.6. The number of terminal acetylenes is 1. The lowest BCUT2D eigenvalue weighted by molar-refractivity contribution is -0.129. The number of carbonyl (C=O) groups is 1. The number of benzene rings is 1. The summed E-state index contributed by atoms with van der Waals surface area (Å²) in [5.74, 6) is 1.24. The highest BCUT2D eigenvalue weighted by Crippen LogP contribution is 2.29.